The summed E-state index contributed by atoms with van der Waals surface area (Å²) >= 11 is -2.20. The fraction of sp³-hybridized carbons (Fsp3) is 0. The van der Waals surface area contributed by atoms with Gasteiger partial charge in [-0.15, -0.1) is 9.24 Å². The minimum Gasteiger partial charge on any atom is -0.768 e. The lowest BCUT2D eigenvalue weighted by Crippen LogP contribution is -2.04. The molecule has 11 heavy (non-hydrogen) atoms. The summed E-state index contributed by atoms with van der Waals surface area (Å²) in [7, 11) is 2.33. The van der Waals surface area contributed by atoms with E-state index in [2.05, 4.69) is 9.24 Å². The molecule has 1 aromatic rings. The molecule has 5 heteroatoms. The molecule has 3 nitrogen and oxygen atoms in total. The highest BCUT2D eigenvalue weighted by Crippen LogP contribution is 2.09. The van der Waals surface area contributed by atoms with Crippen LogP contribution in [0.1, 0.15) is 0 Å². The van der Waals surface area contributed by atoms with Crippen LogP contribution in [0.5, 0.6) is 0 Å². The molecular weight excluding hydrogens is 181 g/mol. The molecule has 0 aliphatic carbocycles. The Labute approximate surface area is 69.5 Å². The first-order valence-corrected chi connectivity index (χ1v) is 4.51. The molecule has 60 valence electrons. The zero-order valence-electron chi connectivity index (χ0n) is 5.61. The molecule has 0 bridgehead atoms. The van der Waals surface area contributed by atoms with Crippen LogP contribution in [0.4, 0.5) is 5.69 Å². The normalized spacial score (nSPS) is 12.9. The summed E-state index contributed by atoms with van der Waals surface area (Å²) in [6.07, 6.45) is 0. The van der Waals surface area contributed by atoms with Crippen molar-refractivity contribution >= 4 is 31.3 Å². The predicted octanol–water partition coefficient (Wildman–Crippen LogP) is 0.00720. The Morgan fingerprint density at radius 2 is 2.18 bits per heavy atom. The van der Waals surface area contributed by atoms with Gasteiger partial charge in [0, 0.05) is 10.6 Å². The SMILES string of the molecule is Nc1ccc(P)c(S(=O)[O-])c1. The average molecular weight is 188 g/mol. The van der Waals surface area contributed by atoms with Gasteiger partial charge in [0.05, 0.1) is 0 Å². The van der Waals surface area contributed by atoms with Gasteiger partial charge in [-0.2, -0.15) is 0 Å². The third-order valence-electron chi connectivity index (χ3n) is 1.22. The first-order valence-electron chi connectivity index (χ1n) is 2.85. The van der Waals surface area contributed by atoms with Crippen molar-refractivity contribution in [1.29, 1.82) is 0 Å². The summed E-state index contributed by atoms with van der Waals surface area (Å²) in [4.78, 5) is 0.231. The van der Waals surface area contributed by atoms with Gasteiger partial charge >= 0.3 is 0 Å². The highest BCUT2D eigenvalue weighted by atomic mass is 32.2. The minimum atomic E-state index is -2.20. The van der Waals surface area contributed by atoms with E-state index in [-0.39, 0.29) is 4.90 Å². The van der Waals surface area contributed by atoms with E-state index in [1.165, 1.54) is 6.07 Å². The van der Waals surface area contributed by atoms with Crippen molar-refractivity contribution in [2.45, 2.75) is 4.90 Å². The third kappa shape index (κ3) is 1.99. The molecule has 2 N–H and O–H groups in total. The Hall–Kier alpha value is -0.440. The maximum absolute atomic E-state index is 10.5. The quantitative estimate of drug-likeness (QED) is 0.383. The summed E-state index contributed by atoms with van der Waals surface area (Å²) in [5.74, 6) is 0. The number of anilines is 1. The Balaban J connectivity index is 3.23. The molecule has 0 aromatic heterocycles. The average Bonchev–Trinajstić information content (AvgIpc) is 1.94. The van der Waals surface area contributed by atoms with Crippen LogP contribution in [0.3, 0.4) is 0 Å². The van der Waals surface area contributed by atoms with Gasteiger partial charge in [-0.05, 0) is 28.5 Å². The summed E-state index contributed by atoms with van der Waals surface area (Å²) in [5.41, 5.74) is 5.84. The van der Waals surface area contributed by atoms with Crippen molar-refractivity contribution in [2.24, 2.45) is 0 Å². The van der Waals surface area contributed by atoms with Gasteiger partial charge in [0.1, 0.15) is 0 Å². The van der Waals surface area contributed by atoms with Crippen LogP contribution in [0.25, 0.3) is 0 Å². The van der Waals surface area contributed by atoms with Crippen LogP contribution in [0.2, 0.25) is 0 Å². The molecule has 0 aliphatic rings. The fourth-order valence-electron chi connectivity index (χ4n) is 0.695. The lowest BCUT2D eigenvalue weighted by atomic mass is 10.3. The first-order chi connectivity index (χ1) is 5.11. The zero-order valence-corrected chi connectivity index (χ0v) is 7.58. The van der Waals surface area contributed by atoms with E-state index < -0.39 is 11.1 Å². The van der Waals surface area contributed by atoms with E-state index in [0.717, 1.165) is 0 Å². The Morgan fingerprint density at radius 1 is 1.55 bits per heavy atom. The Bertz CT molecular complexity index is 303. The van der Waals surface area contributed by atoms with Crippen LogP contribution < -0.4 is 11.0 Å². The molecule has 0 heterocycles. The molecule has 0 saturated carbocycles. The summed E-state index contributed by atoms with van der Waals surface area (Å²) in [6.45, 7) is 0. The molecule has 0 fully saturated rings. The summed E-state index contributed by atoms with van der Waals surface area (Å²) in [5, 5.41) is 0.632. The number of rotatable bonds is 1. The molecule has 0 radical (unpaired) electrons. The smallest absolute Gasteiger partial charge is 0.0340 e. The van der Waals surface area contributed by atoms with Gasteiger partial charge in [0.15, 0.2) is 0 Å². The summed E-state index contributed by atoms with van der Waals surface area (Å²) in [6, 6.07) is 4.72. The molecule has 0 amide bonds. The molecule has 1 aromatic carbocycles. The van der Waals surface area contributed by atoms with Crippen molar-refractivity contribution in [2.75, 3.05) is 5.73 Å². The number of nitrogen functional groups attached to an aromatic ring is 1. The van der Waals surface area contributed by atoms with Gasteiger partial charge in [-0.3, -0.25) is 4.21 Å². The Morgan fingerprint density at radius 3 is 2.64 bits per heavy atom. The lowest BCUT2D eigenvalue weighted by Gasteiger charge is -2.08. The second kappa shape index (κ2) is 3.30. The van der Waals surface area contributed by atoms with Gasteiger partial charge in [0.25, 0.3) is 0 Å². The van der Waals surface area contributed by atoms with Gasteiger partial charge < -0.3 is 10.3 Å². The standard InChI is InChI=1S/C6H8NO2PS/c7-4-1-2-5(10)6(3-4)11(8)9/h1-3H,7,10H2,(H,8,9)/p-1. The monoisotopic (exact) mass is 188 g/mol. The number of nitrogens with two attached hydrogens (primary N) is 1. The second-order valence-electron chi connectivity index (χ2n) is 2.03. The molecule has 2 atom stereocenters. The van der Waals surface area contributed by atoms with E-state index in [4.69, 9.17) is 5.73 Å². The van der Waals surface area contributed by atoms with Crippen molar-refractivity contribution in [3.05, 3.63) is 18.2 Å². The maximum atomic E-state index is 10.5. The van der Waals surface area contributed by atoms with Gasteiger partial charge in [0.2, 0.25) is 0 Å². The lowest BCUT2D eigenvalue weighted by molar-refractivity contribution is 0.538. The van der Waals surface area contributed by atoms with Crippen molar-refractivity contribution in [3.63, 3.8) is 0 Å². The highest BCUT2D eigenvalue weighted by Gasteiger charge is 1.97. The van der Waals surface area contributed by atoms with Crippen LogP contribution in [-0.2, 0) is 11.1 Å². The Kier molecular flexibility index (Phi) is 2.60. The fourth-order valence-corrected chi connectivity index (χ4v) is 1.66. The van der Waals surface area contributed by atoms with Crippen LogP contribution >= 0.6 is 9.24 Å². The van der Waals surface area contributed by atoms with E-state index in [0.29, 0.717) is 11.0 Å². The first kappa shape index (κ1) is 8.65. The molecule has 0 spiro atoms. The van der Waals surface area contributed by atoms with Crippen molar-refractivity contribution in [3.8, 4) is 0 Å². The van der Waals surface area contributed by atoms with E-state index in [1.54, 1.807) is 12.1 Å². The minimum absolute atomic E-state index is 0.231. The molecule has 0 aliphatic heterocycles. The van der Waals surface area contributed by atoms with Crippen LogP contribution in [0, 0.1) is 0 Å². The topological polar surface area (TPSA) is 66.2 Å². The third-order valence-corrected chi connectivity index (χ3v) is 2.64. The van der Waals surface area contributed by atoms with E-state index in [1.807, 2.05) is 0 Å². The number of hydrogen-bond donors (Lipinski definition) is 1. The second-order valence-corrected chi connectivity index (χ2v) is 3.56. The largest absolute Gasteiger partial charge is 0.768 e. The van der Waals surface area contributed by atoms with Crippen molar-refractivity contribution < 1.29 is 8.76 Å². The predicted molar refractivity (Wildman–Crippen MR) is 47.4 cm³/mol. The van der Waals surface area contributed by atoms with E-state index >= 15 is 0 Å². The molecule has 1 rings (SSSR count). The summed E-state index contributed by atoms with van der Waals surface area (Å²) < 4.78 is 21.0. The number of hydrogen-bond acceptors (Lipinski definition) is 3. The van der Waals surface area contributed by atoms with E-state index in [9.17, 15) is 8.76 Å². The highest BCUT2D eigenvalue weighted by molar-refractivity contribution is 7.79. The van der Waals surface area contributed by atoms with Crippen molar-refractivity contribution in [1.82, 2.24) is 0 Å². The molecule has 0 saturated heterocycles. The van der Waals surface area contributed by atoms with Gasteiger partial charge in [-0.25, -0.2) is 0 Å². The molecule has 2 unspecified atom stereocenters. The van der Waals surface area contributed by atoms with Crippen LogP contribution in [-0.4, -0.2) is 8.76 Å². The number of benzene rings is 1. The van der Waals surface area contributed by atoms with Crippen LogP contribution in [0.15, 0.2) is 23.1 Å². The molecular formula is C6H7NO2PS-. The zero-order chi connectivity index (χ0) is 8.43. The maximum Gasteiger partial charge on any atom is 0.0340 e. The van der Waals surface area contributed by atoms with Gasteiger partial charge in [-0.1, -0.05) is 6.07 Å².